The molecule has 1 amide bonds. The molecule has 2 rings (SSSR count). The third kappa shape index (κ3) is 1.77. The number of fused-ring (bicyclic) bond motifs is 1. The van der Waals surface area contributed by atoms with E-state index in [2.05, 4.69) is 20.0 Å². The third-order valence-electron chi connectivity index (χ3n) is 2.24. The number of hydrogen-bond donors (Lipinski definition) is 4. The van der Waals surface area contributed by atoms with Gasteiger partial charge >= 0.3 is 6.09 Å². The van der Waals surface area contributed by atoms with Crippen LogP contribution >= 0.6 is 0 Å². The molecule has 2 atom stereocenters. The topological polar surface area (TPSA) is 107 Å². The molecule has 16 heavy (non-hydrogen) atoms. The average Bonchev–Trinajstić information content (AvgIpc) is 2.67. The Balaban J connectivity index is 2.25. The average molecular weight is 225 g/mol. The van der Waals surface area contributed by atoms with Crippen molar-refractivity contribution < 1.29 is 19.7 Å². The largest absolute Gasteiger partial charge is 0.453 e. The van der Waals surface area contributed by atoms with Gasteiger partial charge in [-0.25, -0.2) is 9.78 Å². The van der Waals surface area contributed by atoms with Crippen LogP contribution in [0.2, 0.25) is 0 Å². The van der Waals surface area contributed by atoms with Crippen molar-refractivity contribution in [2.24, 2.45) is 0 Å². The maximum Gasteiger partial charge on any atom is 0.413 e. The van der Waals surface area contributed by atoms with Gasteiger partial charge in [-0.3, -0.25) is 5.32 Å². The summed E-state index contributed by atoms with van der Waals surface area (Å²) in [6.45, 7) is 0. The summed E-state index contributed by atoms with van der Waals surface area (Å²) >= 11 is 0. The lowest BCUT2D eigenvalue weighted by Crippen LogP contribution is -2.19. The number of methoxy groups -OCH3 is 1. The lowest BCUT2D eigenvalue weighted by Gasteiger charge is -2.17. The van der Waals surface area contributed by atoms with Crippen LogP contribution in [0.1, 0.15) is 17.5 Å². The number of nitrogens with zero attached hydrogens (tertiary/aromatic N) is 1. The Hall–Kier alpha value is -1.86. The molecular weight excluding hydrogens is 214 g/mol. The molecule has 2 unspecified atom stereocenters. The molecule has 1 heterocycles. The van der Waals surface area contributed by atoms with Crippen LogP contribution in [0.5, 0.6) is 0 Å². The Bertz CT molecular complexity index is 440. The van der Waals surface area contributed by atoms with Gasteiger partial charge in [-0.2, -0.15) is 0 Å². The zero-order valence-corrected chi connectivity index (χ0v) is 8.47. The number of nitrogens with one attached hydrogen (secondary N) is 2. The third-order valence-corrected chi connectivity index (χ3v) is 2.24. The lowest BCUT2D eigenvalue weighted by molar-refractivity contribution is 0.0444. The highest BCUT2D eigenvalue weighted by Crippen LogP contribution is 2.27. The van der Waals surface area contributed by atoms with Crippen molar-refractivity contribution in [1.82, 2.24) is 9.97 Å². The highest BCUT2D eigenvalue weighted by Gasteiger charge is 2.26. The summed E-state index contributed by atoms with van der Waals surface area (Å²) in [4.78, 5) is 17.6. The number of aliphatic hydroxyl groups excluding tert-OH is 2. The molecule has 1 aromatic rings. The molecule has 0 fully saturated rings. The highest BCUT2D eigenvalue weighted by molar-refractivity contribution is 5.82. The van der Waals surface area contributed by atoms with Gasteiger partial charge in [0, 0.05) is 0 Å². The molecule has 0 bridgehead atoms. The first-order valence-corrected chi connectivity index (χ1v) is 4.61. The molecule has 0 saturated carbocycles. The van der Waals surface area contributed by atoms with Crippen molar-refractivity contribution in [3.05, 3.63) is 17.5 Å². The first-order valence-electron chi connectivity index (χ1n) is 4.61. The first kappa shape index (κ1) is 10.7. The van der Waals surface area contributed by atoms with Crippen LogP contribution < -0.4 is 5.32 Å². The summed E-state index contributed by atoms with van der Waals surface area (Å²) in [5.41, 5.74) is 0.839. The second-order valence-corrected chi connectivity index (χ2v) is 3.30. The number of rotatable bonds is 1. The second kappa shape index (κ2) is 3.95. The van der Waals surface area contributed by atoms with Crippen molar-refractivity contribution in [1.29, 1.82) is 0 Å². The van der Waals surface area contributed by atoms with Gasteiger partial charge in [-0.05, 0) is 6.08 Å². The van der Waals surface area contributed by atoms with Gasteiger partial charge in [0.15, 0.2) is 0 Å². The van der Waals surface area contributed by atoms with Gasteiger partial charge < -0.3 is 19.9 Å². The number of aromatic nitrogens is 2. The Kier molecular flexibility index (Phi) is 2.63. The van der Waals surface area contributed by atoms with Crippen molar-refractivity contribution in [2.45, 2.75) is 12.2 Å². The van der Waals surface area contributed by atoms with E-state index in [4.69, 9.17) is 0 Å². The van der Waals surface area contributed by atoms with Gasteiger partial charge in [-0.1, -0.05) is 6.08 Å². The van der Waals surface area contributed by atoms with E-state index in [0.717, 1.165) is 0 Å². The number of amides is 1. The molecule has 0 aliphatic heterocycles. The molecule has 1 aromatic heterocycles. The minimum absolute atomic E-state index is 0.162. The number of hydrogen-bond acceptors (Lipinski definition) is 5. The molecular formula is C9H11N3O4. The van der Waals surface area contributed by atoms with Crippen LogP contribution in [-0.4, -0.2) is 39.5 Å². The number of carbonyl (C=O) groups is 1. The number of carbonyl (C=O) groups excluding carboxylic acids is 1. The molecule has 4 N–H and O–H groups in total. The molecule has 1 aliphatic rings. The molecule has 1 aliphatic carbocycles. The van der Waals surface area contributed by atoms with Gasteiger partial charge in [0.05, 0.1) is 18.5 Å². The number of anilines is 1. The summed E-state index contributed by atoms with van der Waals surface area (Å²) in [5, 5.41) is 21.3. The standard InChI is InChI=1S/C9H11N3O4/c1-16-9(15)12-8-10-4-2-3-5(13)7(14)6(4)11-8/h2-3,5,7,13-14H,1H3,(H2,10,11,12,15). The summed E-state index contributed by atoms with van der Waals surface area (Å²) in [5.74, 6) is 0.162. The van der Waals surface area contributed by atoms with Crippen molar-refractivity contribution in [2.75, 3.05) is 12.4 Å². The van der Waals surface area contributed by atoms with Crippen molar-refractivity contribution in [3.63, 3.8) is 0 Å². The monoisotopic (exact) mass is 225 g/mol. The highest BCUT2D eigenvalue weighted by atomic mass is 16.5. The summed E-state index contributed by atoms with van der Waals surface area (Å²) in [6, 6.07) is 0. The molecule has 7 nitrogen and oxygen atoms in total. The van der Waals surface area contributed by atoms with Crippen LogP contribution in [0.15, 0.2) is 6.08 Å². The SMILES string of the molecule is COC(=O)Nc1nc2c([nH]1)C(O)C(O)C=C2. The molecule has 0 radical (unpaired) electrons. The zero-order chi connectivity index (χ0) is 11.7. The molecule has 0 saturated heterocycles. The Morgan fingerprint density at radius 1 is 1.62 bits per heavy atom. The van der Waals surface area contributed by atoms with Gasteiger partial charge in [0.2, 0.25) is 5.95 Å². The minimum atomic E-state index is -1.07. The summed E-state index contributed by atoms with van der Waals surface area (Å²) in [7, 11) is 1.23. The van der Waals surface area contributed by atoms with E-state index in [1.807, 2.05) is 0 Å². The minimum Gasteiger partial charge on any atom is -0.453 e. The zero-order valence-electron chi connectivity index (χ0n) is 8.47. The van der Waals surface area contributed by atoms with Gasteiger partial charge in [0.1, 0.15) is 12.2 Å². The van der Waals surface area contributed by atoms with E-state index >= 15 is 0 Å². The fourth-order valence-electron chi connectivity index (χ4n) is 1.43. The number of aliphatic hydroxyl groups is 2. The predicted molar refractivity (Wildman–Crippen MR) is 54.6 cm³/mol. The number of H-pyrrole nitrogens is 1. The first-order chi connectivity index (χ1) is 7.61. The fraction of sp³-hybridized carbons (Fsp3) is 0.333. The van der Waals surface area contributed by atoms with E-state index in [9.17, 15) is 15.0 Å². The quantitative estimate of drug-likeness (QED) is 0.538. The Morgan fingerprint density at radius 2 is 2.38 bits per heavy atom. The maximum absolute atomic E-state index is 10.9. The molecule has 7 heteroatoms. The fourth-order valence-corrected chi connectivity index (χ4v) is 1.43. The van der Waals surface area contributed by atoms with Crippen LogP contribution in [0.4, 0.5) is 10.7 Å². The molecule has 0 spiro atoms. The van der Waals surface area contributed by atoms with Crippen molar-refractivity contribution >= 4 is 18.1 Å². The van der Waals surface area contributed by atoms with E-state index in [-0.39, 0.29) is 5.95 Å². The Morgan fingerprint density at radius 3 is 3.06 bits per heavy atom. The van der Waals surface area contributed by atoms with E-state index in [1.165, 1.54) is 13.2 Å². The van der Waals surface area contributed by atoms with Crippen LogP contribution in [0.3, 0.4) is 0 Å². The molecule has 0 aromatic carbocycles. The second-order valence-electron chi connectivity index (χ2n) is 3.30. The normalized spacial score (nSPS) is 22.7. The van der Waals surface area contributed by atoms with Crippen LogP contribution in [0.25, 0.3) is 6.08 Å². The summed E-state index contributed by atoms with van der Waals surface area (Å²) < 4.78 is 4.39. The van der Waals surface area contributed by atoms with E-state index < -0.39 is 18.3 Å². The smallest absolute Gasteiger partial charge is 0.413 e. The number of ether oxygens (including phenoxy) is 1. The van der Waals surface area contributed by atoms with Crippen LogP contribution in [-0.2, 0) is 4.74 Å². The Labute approximate surface area is 90.8 Å². The van der Waals surface area contributed by atoms with Crippen molar-refractivity contribution in [3.8, 4) is 0 Å². The van der Waals surface area contributed by atoms with Crippen LogP contribution in [0, 0.1) is 0 Å². The predicted octanol–water partition coefficient (Wildman–Crippen LogP) is 0.00910. The molecule has 86 valence electrons. The lowest BCUT2D eigenvalue weighted by atomic mass is 10.0. The van der Waals surface area contributed by atoms with Gasteiger partial charge in [0.25, 0.3) is 0 Å². The van der Waals surface area contributed by atoms with Gasteiger partial charge in [-0.15, -0.1) is 0 Å². The van der Waals surface area contributed by atoms with E-state index in [0.29, 0.717) is 11.4 Å². The van der Waals surface area contributed by atoms with E-state index in [1.54, 1.807) is 6.08 Å². The number of aromatic amines is 1. The maximum atomic E-state index is 10.9. The summed E-state index contributed by atoms with van der Waals surface area (Å²) in [6.07, 6.45) is 0.284. The number of imidazole rings is 1.